The molecule has 0 saturated heterocycles. The molecule has 1 nitrogen and oxygen atoms in total. The summed E-state index contributed by atoms with van der Waals surface area (Å²) in [5.41, 5.74) is 6.71. The molecule has 0 aliphatic rings. The zero-order valence-corrected chi connectivity index (χ0v) is 10.1. The van der Waals surface area contributed by atoms with E-state index in [0.717, 1.165) is 15.1 Å². The highest BCUT2D eigenvalue weighted by Gasteiger charge is 2.21. The predicted molar refractivity (Wildman–Crippen MR) is 61.2 cm³/mol. The molecule has 0 fully saturated rings. The van der Waals surface area contributed by atoms with E-state index in [9.17, 15) is 0 Å². The number of benzene rings is 1. The van der Waals surface area contributed by atoms with Gasteiger partial charge in [-0.05, 0) is 17.7 Å². The molecule has 0 amide bonds. The molecule has 0 radical (unpaired) electrons. The van der Waals surface area contributed by atoms with Crippen LogP contribution in [0.2, 0.25) is 5.02 Å². The van der Waals surface area contributed by atoms with Crippen LogP contribution in [0.25, 0.3) is 0 Å². The van der Waals surface area contributed by atoms with Crippen molar-refractivity contribution in [3.63, 3.8) is 0 Å². The third-order valence-corrected chi connectivity index (χ3v) is 2.98. The average Bonchev–Trinajstić information content (AvgIpc) is 2.03. The van der Waals surface area contributed by atoms with E-state index in [4.69, 9.17) is 17.3 Å². The first-order valence-electron chi connectivity index (χ1n) is 4.13. The first kappa shape index (κ1) is 11.0. The summed E-state index contributed by atoms with van der Waals surface area (Å²) in [6.45, 7) is 4.76. The van der Waals surface area contributed by atoms with Crippen LogP contribution in [0.15, 0.2) is 22.7 Å². The van der Waals surface area contributed by atoms with Crippen LogP contribution in [0, 0.1) is 0 Å². The van der Waals surface area contributed by atoms with Crippen molar-refractivity contribution >= 4 is 27.5 Å². The number of hydrogen-bond donors (Lipinski definition) is 1. The molecule has 1 rings (SSSR count). The maximum atomic E-state index is 6.11. The second kappa shape index (κ2) is 3.99. The quantitative estimate of drug-likeness (QED) is 0.869. The van der Waals surface area contributed by atoms with Gasteiger partial charge in [-0.25, -0.2) is 0 Å². The van der Waals surface area contributed by atoms with Crippen LogP contribution in [0.3, 0.4) is 0 Å². The van der Waals surface area contributed by atoms with Crippen LogP contribution in [-0.2, 0) is 5.41 Å². The largest absolute Gasteiger partial charge is 0.330 e. The molecular weight excluding hydrogens is 249 g/mol. The first-order chi connectivity index (χ1) is 5.97. The lowest BCUT2D eigenvalue weighted by molar-refractivity contribution is 0.539. The summed E-state index contributed by atoms with van der Waals surface area (Å²) < 4.78 is 0.995. The highest BCUT2D eigenvalue weighted by molar-refractivity contribution is 9.10. The molecule has 0 saturated carbocycles. The molecule has 2 N–H and O–H groups in total. The van der Waals surface area contributed by atoms with E-state index < -0.39 is 0 Å². The maximum Gasteiger partial charge on any atom is 0.0455 e. The third kappa shape index (κ3) is 2.46. The Hall–Kier alpha value is -0.0500. The van der Waals surface area contributed by atoms with E-state index >= 15 is 0 Å². The Balaban J connectivity index is 3.16. The molecule has 0 aliphatic carbocycles. The van der Waals surface area contributed by atoms with Crippen molar-refractivity contribution in [2.75, 3.05) is 6.54 Å². The van der Waals surface area contributed by atoms with Gasteiger partial charge in [0, 0.05) is 21.5 Å². The summed E-state index contributed by atoms with van der Waals surface area (Å²) in [5.74, 6) is 0. The minimum atomic E-state index is -0.0578. The Labute approximate surface area is 92.4 Å². The van der Waals surface area contributed by atoms with Crippen molar-refractivity contribution in [2.45, 2.75) is 19.3 Å². The van der Waals surface area contributed by atoms with Crippen molar-refractivity contribution in [1.82, 2.24) is 0 Å². The average molecular weight is 263 g/mol. The third-order valence-electron chi connectivity index (χ3n) is 2.17. The van der Waals surface area contributed by atoms with Gasteiger partial charge < -0.3 is 5.73 Å². The van der Waals surface area contributed by atoms with Gasteiger partial charge >= 0.3 is 0 Å². The molecule has 0 spiro atoms. The topological polar surface area (TPSA) is 26.0 Å². The molecule has 0 unspecified atom stereocenters. The maximum absolute atomic E-state index is 6.11. The monoisotopic (exact) mass is 261 g/mol. The molecule has 1 aromatic rings. The summed E-state index contributed by atoms with van der Waals surface area (Å²) in [7, 11) is 0. The highest BCUT2D eigenvalue weighted by Crippen LogP contribution is 2.30. The van der Waals surface area contributed by atoms with Crippen LogP contribution in [-0.4, -0.2) is 6.54 Å². The van der Waals surface area contributed by atoms with E-state index in [1.165, 1.54) is 0 Å². The molecule has 0 bridgehead atoms. The van der Waals surface area contributed by atoms with E-state index in [-0.39, 0.29) is 5.41 Å². The number of rotatable bonds is 2. The Morgan fingerprint density at radius 2 is 2.08 bits per heavy atom. The van der Waals surface area contributed by atoms with Gasteiger partial charge in [0.15, 0.2) is 0 Å². The summed E-state index contributed by atoms with van der Waals surface area (Å²) >= 11 is 9.48. The molecule has 1 aromatic carbocycles. The number of hydrogen-bond acceptors (Lipinski definition) is 1. The van der Waals surface area contributed by atoms with Gasteiger partial charge in [-0.3, -0.25) is 0 Å². The molecule has 0 aromatic heterocycles. The van der Waals surface area contributed by atoms with Gasteiger partial charge in [0.2, 0.25) is 0 Å². The molecule has 3 heteroatoms. The minimum absolute atomic E-state index is 0.0578. The Morgan fingerprint density at radius 3 is 2.54 bits per heavy atom. The van der Waals surface area contributed by atoms with Crippen LogP contribution >= 0.6 is 27.5 Å². The van der Waals surface area contributed by atoms with Crippen molar-refractivity contribution in [1.29, 1.82) is 0 Å². The van der Waals surface area contributed by atoms with E-state index in [2.05, 4.69) is 29.8 Å². The number of nitrogens with two attached hydrogens (primary N) is 1. The molecule has 0 atom stereocenters. The fourth-order valence-corrected chi connectivity index (χ4v) is 2.08. The van der Waals surface area contributed by atoms with Gasteiger partial charge in [0.1, 0.15) is 0 Å². The molecule has 0 aliphatic heterocycles. The van der Waals surface area contributed by atoms with Crippen LogP contribution in [0.4, 0.5) is 0 Å². The SMILES string of the molecule is CC(C)(CN)c1ccc(Br)cc1Cl. The smallest absolute Gasteiger partial charge is 0.0455 e. The summed E-state index contributed by atoms with van der Waals surface area (Å²) in [5, 5.41) is 0.768. The van der Waals surface area contributed by atoms with Crippen LogP contribution in [0.1, 0.15) is 19.4 Å². The van der Waals surface area contributed by atoms with E-state index in [0.29, 0.717) is 6.54 Å². The van der Waals surface area contributed by atoms with Crippen LogP contribution < -0.4 is 5.73 Å². The van der Waals surface area contributed by atoms with Gasteiger partial charge in [-0.2, -0.15) is 0 Å². The van der Waals surface area contributed by atoms with Gasteiger partial charge in [-0.15, -0.1) is 0 Å². The van der Waals surface area contributed by atoms with Crippen LogP contribution in [0.5, 0.6) is 0 Å². The molecule has 72 valence electrons. The van der Waals surface area contributed by atoms with Crippen molar-refractivity contribution in [3.05, 3.63) is 33.3 Å². The second-order valence-corrected chi connectivity index (χ2v) is 5.04. The summed E-state index contributed by atoms with van der Waals surface area (Å²) in [4.78, 5) is 0. The zero-order valence-electron chi connectivity index (χ0n) is 7.77. The fraction of sp³-hybridized carbons (Fsp3) is 0.400. The van der Waals surface area contributed by atoms with Crippen molar-refractivity contribution in [3.8, 4) is 0 Å². The standard InChI is InChI=1S/C10H13BrClN/c1-10(2,6-13)8-4-3-7(11)5-9(8)12/h3-5H,6,13H2,1-2H3. The Bertz CT molecular complexity index is 310. The lowest BCUT2D eigenvalue weighted by atomic mass is 9.85. The number of halogens is 2. The van der Waals surface area contributed by atoms with E-state index in [1.54, 1.807) is 0 Å². The molecule has 13 heavy (non-hydrogen) atoms. The van der Waals surface area contributed by atoms with E-state index in [1.807, 2.05) is 18.2 Å². The first-order valence-corrected chi connectivity index (χ1v) is 5.30. The summed E-state index contributed by atoms with van der Waals surface area (Å²) in [6.07, 6.45) is 0. The zero-order chi connectivity index (χ0) is 10.1. The van der Waals surface area contributed by atoms with Crippen molar-refractivity contribution in [2.24, 2.45) is 5.73 Å². The normalized spacial score (nSPS) is 11.8. The second-order valence-electron chi connectivity index (χ2n) is 3.71. The predicted octanol–water partition coefficient (Wildman–Crippen LogP) is 3.34. The van der Waals surface area contributed by atoms with Gasteiger partial charge in [0.05, 0.1) is 0 Å². The highest BCUT2D eigenvalue weighted by atomic mass is 79.9. The minimum Gasteiger partial charge on any atom is -0.330 e. The lowest BCUT2D eigenvalue weighted by Crippen LogP contribution is -2.28. The fourth-order valence-electron chi connectivity index (χ4n) is 1.15. The summed E-state index contributed by atoms with van der Waals surface area (Å²) in [6, 6.07) is 5.90. The Morgan fingerprint density at radius 1 is 1.46 bits per heavy atom. The molecule has 0 heterocycles. The van der Waals surface area contributed by atoms with Crippen molar-refractivity contribution < 1.29 is 0 Å². The molecular formula is C10H13BrClN. The Kier molecular flexibility index (Phi) is 3.38. The van der Waals surface area contributed by atoms with Gasteiger partial charge in [-0.1, -0.05) is 47.4 Å². The van der Waals surface area contributed by atoms with Gasteiger partial charge in [0.25, 0.3) is 0 Å². The lowest BCUT2D eigenvalue weighted by Gasteiger charge is -2.24.